The molecule has 0 spiro atoms. The largest absolute Gasteiger partial charge is 0.0809 e. The monoisotopic (exact) mass is 264 g/mol. The predicted molar refractivity (Wildman–Crippen MR) is 84.1 cm³/mol. The van der Waals surface area contributed by atoms with Crippen molar-refractivity contribution in [3.63, 3.8) is 0 Å². The summed E-state index contributed by atoms with van der Waals surface area (Å²) in [5.41, 5.74) is 2.01. The van der Waals surface area contributed by atoms with E-state index in [9.17, 15) is 0 Å². The Balaban J connectivity index is 2.31. The van der Waals surface area contributed by atoms with Crippen LogP contribution in [0, 0.1) is 11.8 Å². The smallest absolute Gasteiger partial charge is 0.0479 e. The van der Waals surface area contributed by atoms with Gasteiger partial charge in [-0.15, -0.1) is 0 Å². The Hall–Kier alpha value is -0.0862. The molecule has 2 aliphatic carbocycles. The molecule has 0 aromatic heterocycles. The van der Waals surface area contributed by atoms with Crippen LogP contribution in [0.2, 0.25) is 50.4 Å². The van der Waals surface area contributed by atoms with Crippen molar-refractivity contribution < 1.29 is 0 Å². The van der Waals surface area contributed by atoms with Crippen molar-refractivity contribution in [1.29, 1.82) is 0 Å². The molecule has 1 fully saturated rings. The zero-order chi connectivity index (χ0) is 12.8. The van der Waals surface area contributed by atoms with Gasteiger partial charge in [0.05, 0.1) is 0 Å². The van der Waals surface area contributed by atoms with Crippen molar-refractivity contribution in [2.24, 2.45) is 11.8 Å². The highest BCUT2D eigenvalue weighted by atomic mass is 28.3. The van der Waals surface area contributed by atoms with E-state index in [0.29, 0.717) is 0 Å². The third-order valence-corrected chi connectivity index (χ3v) is 10.6. The van der Waals surface area contributed by atoms with Crippen LogP contribution in [0.15, 0.2) is 24.3 Å². The second kappa shape index (κ2) is 4.23. The summed E-state index contributed by atoms with van der Waals surface area (Å²) in [7, 11) is -2.03. The minimum atomic E-state index is -1.02. The zero-order valence-corrected chi connectivity index (χ0v) is 14.3. The zero-order valence-electron chi connectivity index (χ0n) is 12.3. The van der Waals surface area contributed by atoms with Crippen molar-refractivity contribution in [2.45, 2.75) is 56.8 Å². The second-order valence-corrected chi connectivity index (χ2v) is 19.1. The third-order valence-electron chi connectivity index (χ3n) is 4.88. The number of fused-ring (bicyclic) bond motifs is 1. The molecule has 0 N–H and O–H groups in total. The van der Waals surface area contributed by atoms with Crippen LogP contribution in [-0.4, -0.2) is 16.1 Å². The summed E-state index contributed by atoms with van der Waals surface area (Å²) in [6, 6.07) is 0. The van der Waals surface area contributed by atoms with E-state index in [1.807, 2.05) is 0 Å². The van der Waals surface area contributed by atoms with Gasteiger partial charge >= 0.3 is 0 Å². The lowest BCUT2D eigenvalue weighted by atomic mass is 9.91. The van der Waals surface area contributed by atoms with Gasteiger partial charge in [0.1, 0.15) is 0 Å². The summed E-state index contributed by atoms with van der Waals surface area (Å²) >= 11 is 0. The van der Waals surface area contributed by atoms with Gasteiger partial charge in [-0.3, -0.25) is 0 Å². The first-order chi connectivity index (χ1) is 7.71. The molecule has 2 rings (SSSR count). The average molecular weight is 265 g/mol. The van der Waals surface area contributed by atoms with Gasteiger partial charge in [0.15, 0.2) is 0 Å². The van der Waals surface area contributed by atoms with Crippen molar-refractivity contribution in [1.82, 2.24) is 0 Å². The molecule has 0 aromatic carbocycles. The van der Waals surface area contributed by atoms with Gasteiger partial charge in [-0.25, -0.2) is 0 Å². The SMILES string of the molecule is C[Si](C)(C)C1CC([Si](C)(C)C)C2C=CC=CC21. The van der Waals surface area contributed by atoms with Crippen LogP contribution >= 0.6 is 0 Å². The Morgan fingerprint density at radius 1 is 0.706 bits per heavy atom. The van der Waals surface area contributed by atoms with Crippen molar-refractivity contribution in [2.75, 3.05) is 0 Å². The van der Waals surface area contributed by atoms with Crippen LogP contribution in [-0.2, 0) is 0 Å². The molecule has 96 valence electrons. The van der Waals surface area contributed by atoms with Crippen LogP contribution in [0.3, 0.4) is 0 Å². The molecule has 17 heavy (non-hydrogen) atoms. The first-order valence-corrected chi connectivity index (χ1v) is 14.2. The van der Waals surface area contributed by atoms with Crippen LogP contribution < -0.4 is 0 Å². The fourth-order valence-electron chi connectivity index (χ4n) is 3.90. The molecule has 0 aromatic rings. The normalized spacial score (nSPS) is 37.3. The van der Waals surface area contributed by atoms with Gasteiger partial charge in [-0.05, 0) is 22.9 Å². The number of allylic oxidation sites excluding steroid dienone is 4. The van der Waals surface area contributed by atoms with E-state index < -0.39 is 16.1 Å². The van der Waals surface area contributed by atoms with Crippen LogP contribution in [0.25, 0.3) is 0 Å². The molecule has 0 nitrogen and oxygen atoms in total. The van der Waals surface area contributed by atoms with E-state index in [1.54, 1.807) is 0 Å². The van der Waals surface area contributed by atoms with Crippen molar-refractivity contribution in [3.05, 3.63) is 24.3 Å². The van der Waals surface area contributed by atoms with E-state index in [4.69, 9.17) is 0 Å². The van der Waals surface area contributed by atoms with Crippen molar-refractivity contribution >= 4 is 16.1 Å². The van der Waals surface area contributed by atoms with E-state index in [2.05, 4.69) is 63.6 Å². The standard InChI is InChI=1S/C15H28Si2/c1-16(2,3)14-11-15(17(4,5)6)13-10-8-7-9-12(13)14/h7-10,12-15H,11H2,1-6H3. The highest BCUT2D eigenvalue weighted by molar-refractivity contribution is 6.79. The van der Waals surface area contributed by atoms with Gasteiger partial charge in [0, 0.05) is 16.1 Å². The average Bonchev–Trinajstić information content (AvgIpc) is 2.55. The highest BCUT2D eigenvalue weighted by Crippen LogP contribution is 2.58. The molecule has 0 bridgehead atoms. The van der Waals surface area contributed by atoms with E-state index in [0.717, 1.165) is 22.9 Å². The Bertz CT molecular complexity index is 307. The Morgan fingerprint density at radius 2 is 1.06 bits per heavy atom. The maximum absolute atomic E-state index is 2.56. The Morgan fingerprint density at radius 3 is 1.35 bits per heavy atom. The van der Waals surface area contributed by atoms with E-state index in [-0.39, 0.29) is 0 Å². The molecular formula is C15H28Si2. The summed E-state index contributed by atoms with van der Waals surface area (Å²) in [4.78, 5) is 0. The molecule has 0 amide bonds. The molecule has 0 heterocycles. The number of rotatable bonds is 2. The molecule has 4 atom stereocenters. The second-order valence-electron chi connectivity index (χ2n) is 8.11. The highest BCUT2D eigenvalue weighted by Gasteiger charge is 2.50. The minimum absolute atomic E-state index is 0.864. The van der Waals surface area contributed by atoms with Gasteiger partial charge in [-0.1, -0.05) is 70.0 Å². The summed E-state index contributed by atoms with van der Waals surface area (Å²) < 4.78 is 0. The van der Waals surface area contributed by atoms with E-state index >= 15 is 0 Å². The maximum atomic E-state index is 2.56. The fraction of sp³-hybridized carbons (Fsp3) is 0.733. The molecular weight excluding hydrogens is 236 g/mol. The minimum Gasteiger partial charge on any atom is -0.0809 e. The number of hydrogen-bond donors (Lipinski definition) is 0. The summed E-state index contributed by atoms with van der Waals surface area (Å²) in [5, 5.41) is 0. The maximum Gasteiger partial charge on any atom is 0.0479 e. The van der Waals surface area contributed by atoms with Gasteiger partial charge < -0.3 is 0 Å². The van der Waals surface area contributed by atoms with Gasteiger partial charge in [0.2, 0.25) is 0 Å². The summed E-state index contributed by atoms with van der Waals surface area (Å²) in [6.07, 6.45) is 11.1. The lowest BCUT2D eigenvalue weighted by Gasteiger charge is -2.32. The van der Waals surface area contributed by atoms with Crippen LogP contribution in [0.1, 0.15) is 6.42 Å². The quantitative estimate of drug-likeness (QED) is 0.604. The van der Waals surface area contributed by atoms with E-state index in [1.165, 1.54) is 6.42 Å². The van der Waals surface area contributed by atoms with Gasteiger partial charge in [0.25, 0.3) is 0 Å². The fourth-order valence-corrected chi connectivity index (χ4v) is 9.03. The molecule has 4 unspecified atom stereocenters. The Labute approximate surface area is 109 Å². The lowest BCUT2D eigenvalue weighted by molar-refractivity contribution is 0.539. The molecule has 2 heteroatoms. The summed E-state index contributed by atoms with van der Waals surface area (Å²) in [6.45, 7) is 15.4. The number of hydrogen-bond acceptors (Lipinski definition) is 0. The Kier molecular flexibility index (Phi) is 3.32. The van der Waals surface area contributed by atoms with Crippen LogP contribution in [0.4, 0.5) is 0 Å². The molecule has 1 saturated carbocycles. The van der Waals surface area contributed by atoms with Crippen molar-refractivity contribution in [3.8, 4) is 0 Å². The predicted octanol–water partition coefficient (Wildman–Crippen LogP) is 5.17. The molecule has 0 radical (unpaired) electrons. The van der Waals surface area contributed by atoms with Crippen LogP contribution in [0.5, 0.6) is 0 Å². The topological polar surface area (TPSA) is 0 Å². The first-order valence-electron chi connectivity index (χ1n) is 7.06. The molecule has 2 aliphatic rings. The lowest BCUT2D eigenvalue weighted by Crippen LogP contribution is -2.31. The molecule has 0 saturated heterocycles. The first kappa shape index (κ1) is 13.3. The van der Waals surface area contributed by atoms with Gasteiger partial charge in [-0.2, -0.15) is 0 Å². The summed E-state index contributed by atoms with van der Waals surface area (Å²) in [5.74, 6) is 1.73. The third kappa shape index (κ3) is 2.53. The molecule has 0 aliphatic heterocycles.